The molecule has 1 aromatic rings. The molecular formula is C9H15ClN2OS. The van der Waals surface area contributed by atoms with Crippen molar-refractivity contribution < 1.29 is 4.74 Å². The van der Waals surface area contributed by atoms with Crippen LogP contribution in [0.3, 0.4) is 0 Å². The molecule has 0 saturated carbocycles. The lowest BCUT2D eigenvalue weighted by Gasteiger charge is -2.14. The van der Waals surface area contributed by atoms with Gasteiger partial charge in [-0.1, -0.05) is 11.6 Å². The molecule has 0 amide bonds. The van der Waals surface area contributed by atoms with E-state index in [1.165, 1.54) is 0 Å². The molecule has 1 atom stereocenters. The fraction of sp³-hybridized carbons (Fsp3) is 0.556. The first-order valence-corrected chi connectivity index (χ1v) is 5.73. The molecule has 1 aromatic heterocycles. The number of rotatable bonds is 5. The van der Waals surface area contributed by atoms with Gasteiger partial charge in [-0.3, -0.25) is 5.84 Å². The number of aryl methyl sites for hydroxylation is 1. The zero-order chi connectivity index (χ0) is 10.6. The molecule has 1 rings (SSSR count). The van der Waals surface area contributed by atoms with Crippen molar-refractivity contribution in [2.24, 2.45) is 5.84 Å². The number of hydrazine groups is 1. The van der Waals surface area contributed by atoms with Crippen molar-refractivity contribution in [3.8, 4) is 0 Å². The summed E-state index contributed by atoms with van der Waals surface area (Å²) in [5.41, 5.74) is 3.79. The second kappa shape index (κ2) is 5.68. The van der Waals surface area contributed by atoms with Crippen molar-refractivity contribution in [3.63, 3.8) is 0 Å². The van der Waals surface area contributed by atoms with Gasteiger partial charge in [0.25, 0.3) is 0 Å². The van der Waals surface area contributed by atoms with E-state index in [9.17, 15) is 0 Å². The number of nitrogens with one attached hydrogen (secondary N) is 1. The molecule has 0 bridgehead atoms. The molecule has 0 saturated heterocycles. The van der Waals surface area contributed by atoms with Gasteiger partial charge in [0.2, 0.25) is 0 Å². The van der Waals surface area contributed by atoms with Crippen molar-refractivity contribution in [1.82, 2.24) is 5.43 Å². The van der Waals surface area contributed by atoms with Gasteiger partial charge in [0.15, 0.2) is 0 Å². The summed E-state index contributed by atoms with van der Waals surface area (Å²) in [6, 6.07) is -0.0128. The fourth-order valence-electron chi connectivity index (χ4n) is 1.12. The van der Waals surface area contributed by atoms with E-state index in [2.05, 4.69) is 5.43 Å². The third-order valence-corrected chi connectivity index (χ3v) is 3.76. The lowest BCUT2D eigenvalue weighted by molar-refractivity contribution is 0.124. The van der Waals surface area contributed by atoms with Crippen molar-refractivity contribution >= 4 is 22.9 Å². The predicted molar refractivity (Wildman–Crippen MR) is 60.6 cm³/mol. The lowest BCUT2D eigenvalue weighted by Crippen LogP contribution is -2.31. The van der Waals surface area contributed by atoms with Crippen LogP contribution in [0.1, 0.15) is 23.4 Å². The highest BCUT2D eigenvalue weighted by atomic mass is 35.5. The summed E-state index contributed by atoms with van der Waals surface area (Å²) >= 11 is 7.73. The van der Waals surface area contributed by atoms with Gasteiger partial charge in [-0.2, -0.15) is 0 Å². The molecule has 0 spiro atoms. The summed E-state index contributed by atoms with van der Waals surface area (Å²) < 4.78 is 5.31. The van der Waals surface area contributed by atoms with Crippen LogP contribution in [0.5, 0.6) is 0 Å². The molecule has 0 aromatic carbocycles. The topological polar surface area (TPSA) is 47.3 Å². The summed E-state index contributed by atoms with van der Waals surface area (Å²) in [6.07, 6.45) is 0. The highest BCUT2D eigenvalue weighted by Crippen LogP contribution is 2.32. The Bertz CT molecular complexity index is 290. The van der Waals surface area contributed by atoms with Gasteiger partial charge in [0, 0.05) is 11.5 Å². The van der Waals surface area contributed by atoms with Gasteiger partial charge >= 0.3 is 0 Å². The van der Waals surface area contributed by atoms with E-state index in [0.717, 1.165) is 15.5 Å². The first-order valence-electron chi connectivity index (χ1n) is 4.48. The van der Waals surface area contributed by atoms with Crippen LogP contribution < -0.4 is 11.3 Å². The molecule has 0 fully saturated rings. The van der Waals surface area contributed by atoms with E-state index in [-0.39, 0.29) is 6.04 Å². The summed E-state index contributed by atoms with van der Waals surface area (Å²) in [5.74, 6) is 5.44. The molecule has 0 aliphatic heterocycles. The van der Waals surface area contributed by atoms with E-state index in [1.54, 1.807) is 11.3 Å². The maximum atomic E-state index is 6.12. The molecule has 14 heavy (non-hydrogen) atoms. The third-order valence-electron chi connectivity index (χ3n) is 1.93. The molecule has 1 heterocycles. The van der Waals surface area contributed by atoms with E-state index < -0.39 is 0 Å². The number of ether oxygens (including phenoxy) is 1. The lowest BCUT2D eigenvalue weighted by atomic mass is 10.2. The summed E-state index contributed by atoms with van der Waals surface area (Å²) in [7, 11) is 0. The first-order chi connectivity index (χ1) is 6.70. The van der Waals surface area contributed by atoms with Crippen LogP contribution in [0.4, 0.5) is 0 Å². The SMILES string of the molecule is CCOCC(NN)c1scc(C)c1Cl. The third kappa shape index (κ3) is 2.68. The second-order valence-corrected chi connectivity index (χ2v) is 4.26. The fourth-order valence-corrected chi connectivity index (χ4v) is 2.49. The van der Waals surface area contributed by atoms with Crippen molar-refractivity contribution in [2.75, 3.05) is 13.2 Å². The smallest absolute Gasteiger partial charge is 0.0801 e. The zero-order valence-corrected chi connectivity index (χ0v) is 9.91. The molecule has 3 nitrogen and oxygen atoms in total. The number of thiophene rings is 1. The van der Waals surface area contributed by atoms with Crippen molar-refractivity contribution in [1.29, 1.82) is 0 Å². The summed E-state index contributed by atoms with van der Waals surface area (Å²) in [6.45, 7) is 5.16. The van der Waals surface area contributed by atoms with Crippen LogP contribution in [0.25, 0.3) is 0 Å². The van der Waals surface area contributed by atoms with Crippen molar-refractivity contribution in [3.05, 3.63) is 20.8 Å². The van der Waals surface area contributed by atoms with Crippen LogP contribution in [-0.4, -0.2) is 13.2 Å². The Morgan fingerprint density at radius 3 is 2.86 bits per heavy atom. The molecule has 1 unspecified atom stereocenters. The van der Waals surface area contributed by atoms with Gasteiger partial charge in [0.05, 0.1) is 17.7 Å². The number of hydrogen-bond donors (Lipinski definition) is 2. The average Bonchev–Trinajstić information content (AvgIpc) is 2.51. The van der Waals surface area contributed by atoms with Crippen LogP contribution in [0.15, 0.2) is 5.38 Å². The Morgan fingerprint density at radius 2 is 2.43 bits per heavy atom. The largest absolute Gasteiger partial charge is 0.380 e. The van der Waals surface area contributed by atoms with Crippen LogP contribution in [0.2, 0.25) is 5.02 Å². The molecule has 0 aliphatic carbocycles. The van der Waals surface area contributed by atoms with Gasteiger partial charge in [-0.15, -0.1) is 11.3 Å². The number of hydrogen-bond acceptors (Lipinski definition) is 4. The van der Waals surface area contributed by atoms with Crippen LogP contribution >= 0.6 is 22.9 Å². The first kappa shape index (κ1) is 11.9. The van der Waals surface area contributed by atoms with Gasteiger partial charge in [-0.25, -0.2) is 5.43 Å². The molecular weight excluding hydrogens is 220 g/mol. The highest BCUT2D eigenvalue weighted by molar-refractivity contribution is 7.10. The zero-order valence-electron chi connectivity index (χ0n) is 8.34. The predicted octanol–water partition coefficient (Wildman–Crippen LogP) is 2.25. The monoisotopic (exact) mass is 234 g/mol. The standard InChI is InChI=1S/C9H15ClN2OS/c1-3-13-4-7(12-11)9-8(10)6(2)5-14-9/h5,7,12H,3-4,11H2,1-2H3. The Balaban J connectivity index is 2.73. The number of halogens is 1. The van der Waals surface area contributed by atoms with Crippen LogP contribution in [0, 0.1) is 6.92 Å². The summed E-state index contributed by atoms with van der Waals surface area (Å²) in [5, 5.41) is 2.81. The van der Waals surface area contributed by atoms with Gasteiger partial charge < -0.3 is 4.74 Å². The minimum atomic E-state index is -0.0128. The van der Waals surface area contributed by atoms with Gasteiger partial charge in [0.1, 0.15) is 0 Å². The van der Waals surface area contributed by atoms with Crippen molar-refractivity contribution in [2.45, 2.75) is 19.9 Å². The number of nitrogens with two attached hydrogens (primary N) is 1. The van der Waals surface area contributed by atoms with E-state index in [0.29, 0.717) is 13.2 Å². The highest BCUT2D eigenvalue weighted by Gasteiger charge is 2.16. The van der Waals surface area contributed by atoms with E-state index in [4.69, 9.17) is 22.2 Å². The Morgan fingerprint density at radius 1 is 1.71 bits per heavy atom. The Labute approximate surface area is 93.2 Å². The molecule has 0 aliphatic rings. The average molecular weight is 235 g/mol. The molecule has 3 N–H and O–H groups in total. The molecule has 80 valence electrons. The normalized spacial score (nSPS) is 13.1. The van der Waals surface area contributed by atoms with Crippen LogP contribution in [-0.2, 0) is 4.74 Å². The van der Waals surface area contributed by atoms with E-state index >= 15 is 0 Å². The van der Waals surface area contributed by atoms with Gasteiger partial charge in [-0.05, 0) is 24.8 Å². The molecule has 5 heteroatoms. The Hall–Kier alpha value is -0.130. The Kier molecular flexibility index (Phi) is 4.84. The summed E-state index contributed by atoms with van der Waals surface area (Å²) in [4.78, 5) is 1.04. The minimum Gasteiger partial charge on any atom is -0.380 e. The molecule has 0 radical (unpaired) electrons. The van der Waals surface area contributed by atoms with E-state index in [1.807, 2.05) is 19.2 Å². The minimum absolute atomic E-state index is 0.0128. The second-order valence-electron chi connectivity index (χ2n) is 2.98. The maximum absolute atomic E-state index is 6.12. The maximum Gasteiger partial charge on any atom is 0.0801 e. The quantitative estimate of drug-likeness (QED) is 0.607.